The van der Waals surface area contributed by atoms with Crippen LogP contribution >= 0.6 is 22.9 Å². The molecule has 2 N–H and O–H groups in total. The van der Waals surface area contributed by atoms with Crippen LogP contribution < -0.4 is 5.73 Å². The molecule has 2 heterocycles. The highest BCUT2D eigenvalue weighted by Crippen LogP contribution is 2.35. The van der Waals surface area contributed by atoms with Gasteiger partial charge in [-0.05, 0) is 42.3 Å². The first-order chi connectivity index (χ1) is 12.6. The highest BCUT2D eigenvalue weighted by atomic mass is 35.5. The Hall–Kier alpha value is -2.76. The van der Waals surface area contributed by atoms with E-state index < -0.39 is 0 Å². The minimum absolute atomic E-state index is 0.264. The monoisotopic (exact) mass is 378 g/mol. The van der Waals surface area contributed by atoms with E-state index in [1.807, 2.05) is 43.3 Å². The number of anilines is 1. The van der Waals surface area contributed by atoms with Gasteiger partial charge in [0.05, 0.1) is 16.3 Å². The SMILES string of the molecule is Cc1nc(-c2cccc(-c3cccc(Cl)c3)c2)sc1-c1ccnc(N)n1. The standard InChI is InChI=1S/C20H15ClN4S/c1-12-18(17-8-9-23-20(22)25-17)26-19(24-12)15-6-2-4-13(10-15)14-5-3-7-16(21)11-14/h2-11H,1H3,(H2,22,23,25). The van der Waals surface area contributed by atoms with E-state index in [1.54, 1.807) is 17.5 Å². The summed E-state index contributed by atoms with van der Waals surface area (Å²) in [5.41, 5.74) is 10.7. The van der Waals surface area contributed by atoms with Gasteiger partial charge in [0.15, 0.2) is 0 Å². The number of benzene rings is 2. The van der Waals surface area contributed by atoms with Crippen molar-refractivity contribution in [3.05, 3.63) is 71.5 Å². The quantitative estimate of drug-likeness (QED) is 0.512. The fourth-order valence-electron chi connectivity index (χ4n) is 2.76. The third kappa shape index (κ3) is 3.31. The Labute approximate surface area is 160 Å². The van der Waals surface area contributed by atoms with Crippen LogP contribution in [0, 0.1) is 6.92 Å². The summed E-state index contributed by atoms with van der Waals surface area (Å²) in [5.74, 6) is 0.264. The molecule has 4 rings (SSSR count). The van der Waals surface area contributed by atoms with Gasteiger partial charge in [0.2, 0.25) is 5.95 Å². The molecule has 26 heavy (non-hydrogen) atoms. The molecule has 6 heteroatoms. The number of hydrogen-bond acceptors (Lipinski definition) is 5. The first-order valence-electron chi connectivity index (χ1n) is 8.03. The number of rotatable bonds is 3. The predicted octanol–water partition coefficient (Wildman–Crippen LogP) is 5.48. The fraction of sp³-hybridized carbons (Fsp3) is 0.0500. The van der Waals surface area contributed by atoms with Gasteiger partial charge in [-0.15, -0.1) is 11.3 Å². The Morgan fingerprint density at radius 2 is 1.65 bits per heavy atom. The van der Waals surface area contributed by atoms with E-state index in [-0.39, 0.29) is 5.95 Å². The van der Waals surface area contributed by atoms with Crippen LogP contribution in [-0.2, 0) is 0 Å². The first kappa shape index (κ1) is 16.7. The number of hydrogen-bond donors (Lipinski definition) is 1. The van der Waals surface area contributed by atoms with Crippen LogP contribution in [0.4, 0.5) is 5.95 Å². The average Bonchev–Trinajstić information content (AvgIpc) is 3.04. The number of nitrogens with two attached hydrogens (primary N) is 1. The summed E-state index contributed by atoms with van der Waals surface area (Å²) >= 11 is 7.72. The van der Waals surface area contributed by atoms with E-state index in [4.69, 9.17) is 22.3 Å². The smallest absolute Gasteiger partial charge is 0.220 e. The zero-order valence-electron chi connectivity index (χ0n) is 14.0. The van der Waals surface area contributed by atoms with Crippen molar-refractivity contribution in [2.75, 3.05) is 5.73 Å². The van der Waals surface area contributed by atoms with E-state index >= 15 is 0 Å². The van der Waals surface area contributed by atoms with Gasteiger partial charge in [-0.3, -0.25) is 0 Å². The molecule has 0 bridgehead atoms. The number of halogens is 1. The van der Waals surface area contributed by atoms with Crippen LogP contribution in [0.3, 0.4) is 0 Å². The molecule has 4 nitrogen and oxygen atoms in total. The van der Waals surface area contributed by atoms with Gasteiger partial charge in [0.1, 0.15) is 5.01 Å². The molecule has 128 valence electrons. The van der Waals surface area contributed by atoms with Crippen molar-refractivity contribution in [2.24, 2.45) is 0 Å². The van der Waals surface area contributed by atoms with Gasteiger partial charge < -0.3 is 5.73 Å². The molecule has 0 aliphatic rings. The summed E-state index contributed by atoms with van der Waals surface area (Å²) in [7, 11) is 0. The zero-order chi connectivity index (χ0) is 18.1. The topological polar surface area (TPSA) is 64.7 Å². The Bertz CT molecular complexity index is 1090. The second kappa shape index (κ2) is 6.86. The molecule has 0 aliphatic heterocycles. The number of nitrogens with zero attached hydrogens (tertiary/aromatic N) is 3. The third-order valence-corrected chi connectivity index (χ3v) is 5.44. The molecule has 4 aromatic rings. The van der Waals surface area contributed by atoms with Crippen molar-refractivity contribution in [3.63, 3.8) is 0 Å². The summed E-state index contributed by atoms with van der Waals surface area (Å²) in [6.45, 7) is 1.98. The Kier molecular flexibility index (Phi) is 4.41. The number of nitrogen functional groups attached to an aromatic ring is 1. The van der Waals surface area contributed by atoms with Crippen molar-refractivity contribution in [2.45, 2.75) is 6.92 Å². The van der Waals surface area contributed by atoms with Gasteiger partial charge in [-0.2, -0.15) is 0 Å². The Morgan fingerprint density at radius 1 is 0.923 bits per heavy atom. The summed E-state index contributed by atoms with van der Waals surface area (Å²) in [4.78, 5) is 14.0. The average molecular weight is 379 g/mol. The summed E-state index contributed by atoms with van der Waals surface area (Å²) in [5, 5.41) is 1.67. The molecule has 0 saturated heterocycles. The van der Waals surface area contributed by atoms with E-state index in [0.717, 1.165) is 43.0 Å². The molecule has 0 amide bonds. The maximum Gasteiger partial charge on any atom is 0.220 e. The van der Waals surface area contributed by atoms with Gasteiger partial charge in [-0.25, -0.2) is 15.0 Å². The minimum atomic E-state index is 0.264. The Morgan fingerprint density at radius 3 is 2.42 bits per heavy atom. The lowest BCUT2D eigenvalue weighted by Gasteiger charge is -2.04. The van der Waals surface area contributed by atoms with E-state index in [1.165, 1.54) is 0 Å². The van der Waals surface area contributed by atoms with Crippen LogP contribution in [0.1, 0.15) is 5.69 Å². The van der Waals surface area contributed by atoms with Gasteiger partial charge in [0, 0.05) is 16.8 Å². The lowest BCUT2D eigenvalue weighted by atomic mass is 10.0. The molecule has 0 radical (unpaired) electrons. The van der Waals surface area contributed by atoms with E-state index in [0.29, 0.717) is 0 Å². The summed E-state index contributed by atoms with van der Waals surface area (Å²) in [6, 6.07) is 18.0. The number of aromatic nitrogens is 3. The molecule has 0 atom stereocenters. The second-order valence-electron chi connectivity index (χ2n) is 5.82. The molecular weight excluding hydrogens is 364 g/mol. The highest BCUT2D eigenvalue weighted by molar-refractivity contribution is 7.18. The highest BCUT2D eigenvalue weighted by Gasteiger charge is 2.13. The lowest BCUT2D eigenvalue weighted by molar-refractivity contribution is 1.18. The van der Waals surface area contributed by atoms with Crippen molar-refractivity contribution >= 4 is 28.9 Å². The number of thiazole rings is 1. The van der Waals surface area contributed by atoms with E-state index in [9.17, 15) is 0 Å². The van der Waals surface area contributed by atoms with Gasteiger partial charge in [0.25, 0.3) is 0 Å². The van der Waals surface area contributed by atoms with Crippen LogP contribution in [0.25, 0.3) is 32.3 Å². The van der Waals surface area contributed by atoms with Crippen LogP contribution in [-0.4, -0.2) is 15.0 Å². The molecular formula is C20H15ClN4S. The van der Waals surface area contributed by atoms with Crippen molar-refractivity contribution in [3.8, 4) is 32.3 Å². The van der Waals surface area contributed by atoms with Crippen LogP contribution in [0.5, 0.6) is 0 Å². The second-order valence-corrected chi connectivity index (χ2v) is 7.26. The largest absolute Gasteiger partial charge is 0.368 e. The maximum absolute atomic E-state index is 6.12. The molecule has 0 aliphatic carbocycles. The molecule has 0 fully saturated rings. The summed E-state index contributed by atoms with van der Waals surface area (Å²) < 4.78 is 0. The minimum Gasteiger partial charge on any atom is -0.368 e. The molecule has 0 saturated carbocycles. The molecule has 2 aromatic carbocycles. The van der Waals surface area contributed by atoms with Crippen LogP contribution in [0.15, 0.2) is 60.8 Å². The zero-order valence-corrected chi connectivity index (χ0v) is 15.6. The maximum atomic E-state index is 6.12. The van der Waals surface area contributed by atoms with Gasteiger partial charge in [-0.1, -0.05) is 41.9 Å². The fourth-order valence-corrected chi connectivity index (χ4v) is 3.98. The van der Waals surface area contributed by atoms with Crippen molar-refractivity contribution < 1.29 is 0 Å². The summed E-state index contributed by atoms with van der Waals surface area (Å²) in [6.07, 6.45) is 1.66. The molecule has 0 unspecified atom stereocenters. The first-order valence-corrected chi connectivity index (χ1v) is 9.22. The Balaban J connectivity index is 1.75. The van der Waals surface area contributed by atoms with Crippen LogP contribution in [0.2, 0.25) is 5.02 Å². The van der Waals surface area contributed by atoms with E-state index in [2.05, 4.69) is 28.2 Å². The molecule has 2 aromatic heterocycles. The normalized spacial score (nSPS) is 10.8. The number of aryl methyl sites for hydroxylation is 1. The lowest BCUT2D eigenvalue weighted by Crippen LogP contribution is -1.94. The third-order valence-electron chi connectivity index (χ3n) is 3.97. The van der Waals surface area contributed by atoms with Gasteiger partial charge >= 0.3 is 0 Å². The predicted molar refractivity (Wildman–Crippen MR) is 108 cm³/mol. The van der Waals surface area contributed by atoms with Crippen molar-refractivity contribution in [1.29, 1.82) is 0 Å². The molecule has 0 spiro atoms. The van der Waals surface area contributed by atoms with Crippen molar-refractivity contribution in [1.82, 2.24) is 15.0 Å².